The van der Waals surface area contributed by atoms with E-state index in [-0.39, 0.29) is 0 Å². The van der Waals surface area contributed by atoms with Crippen molar-refractivity contribution in [2.24, 2.45) is 0 Å². The molecule has 1 aliphatic rings. The lowest BCUT2D eigenvalue weighted by Crippen LogP contribution is -2.41. The molecule has 1 saturated heterocycles. The zero-order valence-corrected chi connectivity index (χ0v) is 20.3. The van der Waals surface area contributed by atoms with Gasteiger partial charge in [-0.25, -0.2) is 4.98 Å². The highest BCUT2D eigenvalue weighted by atomic mass is 16.7. The van der Waals surface area contributed by atoms with Gasteiger partial charge in [0.2, 0.25) is 0 Å². The van der Waals surface area contributed by atoms with E-state index in [0.29, 0.717) is 30.1 Å². The monoisotopic (exact) mass is 441 g/mol. The Bertz CT molecular complexity index is 905. The van der Waals surface area contributed by atoms with Gasteiger partial charge in [-0.2, -0.15) is 0 Å². The van der Waals surface area contributed by atoms with Gasteiger partial charge in [0.25, 0.3) is 0 Å². The van der Waals surface area contributed by atoms with E-state index in [2.05, 4.69) is 4.98 Å². The average Bonchev–Trinajstić information content (AvgIpc) is 3.31. The van der Waals surface area contributed by atoms with Crippen LogP contribution in [0.3, 0.4) is 0 Å². The van der Waals surface area contributed by atoms with Crippen molar-refractivity contribution in [3.8, 4) is 17.1 Å². The van der Waals surface area contributed by atoms with Crippen LogP contribution in [0, 0.1) is 0 Å². The number of carbonyl (C=O) groups is 1. The molecular formula is C25H36BNO5. The quantitative estimate of drug-likeness (QED) is 0.356. The van der Waals surface area contributed by atoms with Crippen molar-refractivity contribution in [1.82, 2.24) is 4.98 Å². The lowest BCUT2D eigenvalue weighted by molar-refractivity contribution is -0.118. The summed E-state index contributed by atoms with van der Waals surface area (Å²) < 4.78 is 24.0. The molecule has 0 spiro atoms. The van der Waals surface area contributed by atoms with Crippen LogP contribution >= 0.6 is 0 Å². The second-order valence-electron chi connectivity index (χ2n) is 9.47. The van der Waals surface area contributed by atoms with Gasteiger partial charge in [0.05, 0.1) is 30.1 Å². The van der Waals surface area contributed by atoms with Crippen LogP contribution in [0.5, 0.6) is 5.75 Å². The molecule has 0 bridgehead atoms. The fraction of sp³-hybridized carbons (Fsp3) is 0.600. The number of methoxy groups -OCH3 is 1. The maximum absolute atomic E-state index is 11.4. The summed E-state index contributed by atoms with van der Waals surface area (Å²) in [7, 11) is 1.20. The lowest BCUT2D eigenvalue weighted by atomic mass is 9.78. The molecule has 0 radical (unpaired) electrons. The number of benzene rings is 1. The highest BCUT2D eigenvalue weighted by molar-refractivity contribution is 6.62. The molecular weight excluding hydrogens is 405 g/mol. The van der Waals surface area contributed by atoms with Crippen LogP contribution in [-0.4, -0.2) is 36.2 Å². The number of carbonyl (C=O) groups excluding carboxylic acids is 1. The van der Waals surface area contributed by atoms with E-state index >= 15 is 0 Å². The second-order valence-corrected chi connectivity index (χ2v) is 9.47. The molecule has 2 heterocycles. The van der Waals surface area contributed by atoms with Gasteiger partial charge in [0, 0.05) is 19.3 Å². The first-order chi connectivity index (χ1) is 15.2. The van der Waals surface area contributed by atoms with Gasteiger partial charge in [0.15, 0.2) is 11.7 Å². The third-order valence-electron chi connectivity index (χ3n) is 6.56. The van der Waals surface area contributed by atoms with Crippen LogP contribution in [0.25, 0.3) is 11.3 Å². The molecule has 1 aromatic heterocycles. The van der Waals surface area contributed by atoms with Gasteiger partial charge < -0.3 is 18.5 Å². The summed E-state index contributed by atoms with van der Waals surface area (Å²) in [4.78, 5) is 15.8. The Morgan fingerprint density at radius 2 is 1.75 bits per heavy atom. The van der Waals surface area contributed by atoms with Crippen LogP contribution in [0.4, 0.5) is 0 Å². The van der Waals surface area contributed by atoms with Crippen molar-refractivity contribution in [2.75, 3.05) is 7.11 Å². The number of hydrogen-bond donors (Lipinski definition) is 0. The number of hydrogen-bond acceptors (Lipinski definition) is 6. The van der Waals surface area contributed by atoms with E-state index in [1.54, 1.807) is 13.3 Å². The Hall–Kier alpha value is -2.12. The number of aryl methyl sites for hydroxylation is 1. The van der Waals surface area contributed by atoms with Crippen molar-refractivity contribution < 1.29 is 23.3 Å². The predicted molar refractivity (Wildman–Crippen MR) is 126 cm³/mol. The number of nitrogens with zero attached hydrogens (tertiary/aromatic N) is 1. The van der Waals surface area contributed by atoms with Gasteiger partial charge in [-0.1, -0.05) is 25.8 Å². The standard InChI is InChI=1S/C25H36BNO5/c1-7-19(28)12-10-8-9-11-13-23-27-17-22(30-23)20-15-14-18(16-21(20)29-6)26-31-24(2,3)25(4,5)32-26/h14-17H,7-13H2,1-6H3. The normalized spacial score (nSPS) is 17.0. The smallest absolute Gasteiger partial charge is 0.494 e. The first kappa shape index (κ1) is 24.5. The first-order valence-corrected chi connectivity index (χ1v) is 11.7. The molecule has 32 heavy (non-hydrogen) atoms. The van der Waals surface area contributed by atoms with E-state index < -0.39 is 18.3 Å². The summed E-state index contributed by atoms with van der Waals surface area (Å²) in [5, 5.41) is 0. The first-order valence-electron chi connectivity index (χ1n) is 11.7. The topological polar surface area (TPSA) is 70.8 Å². The van der Waals surface area contributed by atoms with Crippen molar-refractivity contribution in [1.29, 1.82) is 0 Å². The van der Waals surface area contributed by atoms with Crippen LogP contribution < -0.4 is 10.2 Å². The fourth-order valence-electron chi connectivity index (χ4n) is 3.72. The molecule has 0 atom stereocenters. The lowest BCUT2D eigenvalue weighted by Gasteiger charge is -2.32. The Morgan fingerprint density at radius 3 is 2.41 bits per heavy atom. The summed E-state index contributed by atoms with van der Waals surface area (Å²) in [6.07, 6.45) is 7.97. The third kappa shape index (κ3) is 5.62. The van der Waals surface area contributed by atoms with Crippen molar-refractivity contribution in [3.63, 3.8) is 0 Å². The van der Waals surface area contributed by atoms with E-state index in [4.69, 9.17) is 18.5 Å². The fourth-order valence-corrected chi connectivity index (χ4v) is 3.72. The highest BCUT2D eigenvalue weighted by Crippen LogP contribution is 2.37. The zero-order valence-electron chi connectivity index (χ0n) is 20.3. The molecule has 0 unspecified atom stereocenters. The van der Waals surface area contributed by atoms with Crippen molar-refractivity contribution >= 4 is 18.4 Å². The third-order valence-corrected chi connectivity index (χ3v) is 6.56. The second kappa shape index (κ2) is 10.2. The molecule has 0 aliphatic carbocycles. The summed E-state index contributed by atoms with van der Waals surface area (Å²) in [5.41, 5.74) is 0.972. The minimum Gasteiger partial charge on any atom is -0.496 e. The van der Waals surface area contributed by atoms with E-state index in [9.17, 15) is 4.79 Å². The minimum absolute atomic E-state index is 0.348. The molecule has 0 saturated carbocycles. The van der Waals surface area contributed by atoms with Crippen molar-refractivity contribution in [2.45, 2.75) is 90.8 Å². The molecule has 0 amide bonds. The molecule has 6 nitrogen and oxygen atoms in total. The van der Waals surface area contributed by atoms with Gasteiger partial charge in [-0.3, -0.25) is 4.79 Å². The van der Waals surface area contributed by atoms with Crippen LogP contribution in [0.15, 0.2) is 28.8 Å². The summed E-state index contributed by atoms with van der Waals surface area (Å²) in [6, 6.07) is 5.89. The molecule has 1 aliphatic heterocycles. The van der Waals surface area contributed by atoms with Gasteiger partial charge in [-0.15, -0.1) is 0 Å². The number of aromatic nitrogens is 1. The molecule has 7 heteroatoms. The maximum Gasteiger partial charge on any atom is 0.494 e. The molecule has 174 valence electrons. The zero-order chi connectivity index (χ0) is 23.4. The number of ether oxygens (including phenoxy) is 1. The number of Topliss-reactive ketones (excluding diaryl/α,β-unsaturated/α-hetero) is 1. The van der Waals surface area contributed by atoms with Gasteiger partial charge in [0.1, 0.15) is 11.5 Å². The van der Waals surface area contributed by atoms with Crippen LogP contribution in [-0.2, 0) is 20.5 Å². The number of ketones is 1. The van der Waals surface area contributed by atoms with Crippen LogP contribution in [0.2, 0.25) is 0 Å². The van der Waals surface area contributed by atoms with Gasteiger partial charge >= 0.3 is 7.12 Å². The Balaban J connectivity index is 1.60. The summed E-state index contributed by atoms with van der Waals surface area (Å²) in [5.74, 6) is 2.45. The SMILES string of the molecule is CCC(=O)CCCCCCc1ncc(-c2ccc(B3OC(C)(C)C(C)(C)O3)cc2OC)o1. The molecule has 1 fully saturated rings. The van der Waals surface area contributed by atoms with Gasteiger partial charge in [-0.05, 0) is 58.1 Å². The van der Waals surface area contributed by atoms with E-state index in [1.807, 2.05) is 52.8 Å². The molecule has 3 rings (SSSR count). The molecule has 1 aromatic carbocycles. The van der Waals surface area contributed by atoms with E-state index in [1.165, 1.54) is 0 Å². The summed E-state index contributed by atoms with van der Waals surface area (Å²) in [6.45, 7) is 10.1. The minimum atomic E-state index is -0.444. The predicted octanol–water partition coefficient (Wildman–Crippen LogP) is 5.12. The Kier molecular flexibility index (Phi) is 7.83. The molecule has 0 N–H and O–H groups in total. The van der Waals surface area contributed by atoms with Crippen molar-refractivity contribution in [3.05, 3.63) is 30.3 Å². The largest absolute Gasteiger partial charge is 0.496 e. The average molecular weight is 441 g/mol. The Labute approximate surface area is 192 Å². The van der Waals surface area contributed by atoms with Crippen LogP contribution in [0.1, 0.15) is 79.0 Å². The summed E-state index contributed by atoms with van der Waals surface area (Å²) >= 11 is 0. The highest BCUT2D eigenvalue weighted by Gasteiger charge is 2.51. The maximum atomic E-state index is 11.4. The number of oxazole rings is 1. The van der Waals surface area contributed by atoms with E-state index in [0.717, 1.165) is 49.0 Å². The molecule has 2 aromatic rings. The number of rotatable bonds is 11. The Morgan fingerprint density at radius 1 is 1.06 bits per heavy atom. The number of unbranched alkanes of at least 4 members (excludes halogenated alkanes) is 3.